The summed E-state index contributed by atoms with van der Waals surface area (Å²) in [5.41, 5.74) is 5.47. The average molecular weight is 592 g/mol. The van der Waals surface area contributed by atoms with E-state index in [0.717, 1.165) is 19.1 Å². The van der Waals surface area contributed by atoms with Gasteiger partial charge in [0.1, 0.15) is 17.2 Å². The molecule has 10 nitrogen and oxygen atoms in total. The standard InChI is InChI=1S/C22H16Br2N4O6/c1-33-21(29)17-16(11-6-4-3-5-7-11)13(10-25)20(26)27(19(17)22(30)34-2)18-14(24)8-12(23)9-15(18)28(31)32/h3-9,16H,26H2,1-2H3. The van der Waals surface area contributed by atoms with Crippen molar-refractivity contribution in [1.29, 1.82) is 5.26 Å². The van der Waals surface area contributed by atoms with Gasteiger partial charge in [0.25, 0.3) is 5.69 Å². The van der Waals surface area contributed by atoms with Crippen molar-refractivity contribution in [3.63, 3.8) is 0 Å². The Bertz CT molecular complexity index is 1300. The summed E-state index contributed by atoms with van der Waals surface area (Å²) in [5.74, 6) is -3.31. The Morgan fingerprint density at radius 3 is 2.29 bits per heavy atom. The molecule has 0 saturated heterocycles. The summed E-state index contributed by atoms with van der Waals surface area (Å²) >= 11 is 6.47. The molecule has 12 heteroatoms. The molecule has 174 valence electrons. The van der Waals surface area contributed by atoms with Crippen molar-refractivity contribution in [2.24, 2.45) is 5.73 Å². The Kier molecular flexibility index (Phi) is 7.38. The molecule has 34 heavy (non-hydrogen) atoms. The minimum absolute atomic E-state index is 0.108. The van der Waals surface area contributed by atoms with Crippen LogP contribution in [0.3, 0.4) is 0 Å². The highest BCUT2D eigenvalue weighted by Gasteiger charge is 2.45. The fourth-order valence-corrected chi connectivity index (χ4v) is 5.04. The number of esters is 2. The van der Waals surface area contributed by atoms with E-state index >= 15 is 0 Å². The fourth-order valence-electron chi connectivity index (χ4n) is 3.66. The number of nitro groups is 1. The number of ether oxygens (including phenoxy) is 2. The van der Waals surface area contributed by atoms with Gasteiger partial charge in [-0.25, -0.2) is 9.59 Å². The van der Waals surface area contributed by atoms with Crippen LogP contribution in [0.2, 0.25) is 0 Å². The fraction of sp³-hybridized carbons (Fsp3) is 0.136. The number of nitrogens with zero attached hydrogens (tertiary/aromatic N) is 3. The van der Waals surface area contributed by atoms with Gasteiger partial charge in [-0.1, -0.05) is 46.3 Å². The Labute approximate surface area is 210 Å². The lowest BCUT2D eigenvalue weighted by atomic mass is 9.81. The van der Waals surface area contributed by atoms with Crippen LogP contribution in [-0.4, -0.2) is 31.1 Å². The molecule has 1 unspecified atom stereocenters. The zero-order valence-electron chi connectivity index (χ0n) is 17.7. The first-order valence-corrected chi connectivity index (χ1v) is 11.1. The van der Waals surface area contributed by atoms with Gasteiger partial charge in [-0.05, 0) is 27.6 Å². The predicted octanol–water partition coefficient (Wildman–Crippen LogP) is 4.02. The van der Waals surface area contributed by atoms with E-state index in [1.165, 1.54) is 12.1 Å². The second-order valence-corrected chi connectivity index (χ2v) is 8.62. The Morgan fingerprint density at radius 2 is 1.76 bits per heavy atom. The number of nitro benzene ring substituents is 1. The topological polar surface area (TPSA) is 149 Å². The summed E-state index contributed by atoms with van der Waals surface area (Å²) in [6.45, 7) is 0. The number of carbonyl (C=O) groups is 2. The molecule has 3 rings (SSSR count). The number of carbonyl (C=O) groups excluding carboxylic acids is 2. The predicted molar refractivity (Wildman–Crippen MR) is 128 cm³/mol. The molecule has 1 heterocycles. The molecule has 1 aliphatic heterocycles. The van der Waals surface area contributed by atoms with Crippen LogP contribution in [0, 0.1) is 21.4 Å². The van der Waals surface area contributed by atoms with Crippen LogP contribution in [-0.2, 0) is 19.1 Å². The number of methoxy groups -OCH3 is 2. The first-order valence-electron chi connectivity index (χ1n) is 9.46. The highest BCUT2D eigenvalue weighted by Crippen LogP contribution is 2.48. The summed E-state index contributed by atoms with van der Waals surface area (Å²) in [7, 11) is 2.20. The lowest BCUT2D eigenvalue weighted by molar-refractivity contribution is -0.384. The van der Waals surface area contributed by atoms with Crippen molar-refractivity contribution in [1.82, 2.24) is 0 Å². The van der Waals surface area contributed by atoms with E-state index in [1.807, 2.05) is 6.07 Å². The van der Waals surface area contributed by atoms with E-state index in [2.05, 4.69) is 31.9 Å². The molecule has 2 aromatic carbocycles. The number of benzene rings is 2. The van der Waals surface area contributed by atoms with E-state index < -0.39 is 34.2 Å². The molecule has 2 aromatic rings. The lowest BCUT2D eigenvalue weighted by Crippen LogP contribution is -2.41. The summed E-state index contributed by atoms with van der Waals surface area (Å²) in [5, 5.41) is 22.0. The SMILES string of the molecule is COC(=O)C1=C(C(=O)OC)N(c2c(Br)cc(Br)cc2[N+](=O)[O-])C(N)=C(C#N)C1c1ccccc1. The monoisotopic (exact) mass is 590 g/mol. The van der Waals surface area contributed by atoms with E-state index in [9.17, 15) is 25.0 Å². The number of nitriles is 1. The third kappa shape index (κ3) is 4.27. The van der Waals surface area contributed by atoms with E-state index in [0.29, 0.717) is 10.0 Å². The Balaban J connectivity index is 2.53. The largest absolute Gasteiger partial charge is 0.466 e. The molecule has 0 fully saturated rings. The molecule has 0 spiro atoms. The molecule has 0 radical (unpaired) electrons. The van der Waals surface area contributed by atoms with Crippen LogP contribution in [0.15, 0.2) is 74.1 Å². The van der Waals surface area contributed by atoms with Gasteiger partial charge in [0.05, 0.1) is 42.3 Å². The van der Waals surface area contributed by atoms with Crippen molar-refractivity contribution in [3.05, 3.63) is 89.8 Å². The average Bonchev–Trinajstić information content (AvgIpc) is 2.82. The lowest BCUT2D eigenvalue weighted by Gasteiger charge is -2.36. The number of hydrogen-bond acceptors (Lipinski definition) is 9. The van der Waals surface area contributed by atoms with Gasteiger partial charge in [0.15, 0.2) is 0 Å². The molecule has 0 aliphatic carbocycles. The number of allylic oxidation sites excluding steroid dienone is 1. The Morgan fingerprint density at radius 1 is 1.15 bits per heavy atom. The minimum Gasteiger partial charge on any atom is -0.466 e. The maximum absolute atomic E-state index is 13.1. The maximum atomic E-state index is 13.1. The van der Waals surface area contributed by atoms with Crippen molar-refractivity contribution in [2.45, 2.75) is 5.92 Å². The van der Waals surface area contributed by atoms with Crippen molar-refractivity contribution < 1.29 is 24.0 Å². The summed E-state index contributed by atoms with van der Waals surface area (Å²) in [6, 6.07) is 13.1. The van der Waals surface area contributed by atoms with E-state index in [4.69, 9.17) is 15.2 Å². The van der Waals surface area contributed by atoms with Crippen LogP contribution in [0.5, 0.6) is 0 Å². The van der Waals surface area contributed by atoms with E-state index in [1.54, 1.807) is 30.3 Å². The highest BCUT2D eigenvalue weighted by atomic mass is 79.9. The third-order valence-electron chi connectivity index (χ3n) is 5.04. The molecule has 2 N–H and O–H groups in total. The summed E-state index contributed by atoms with van der Waals surface area (Å²) < 4.78 is 10.4. The smallest absolute Gasteiger partial charge is 0.355 e. The molecular formula is C22H16Br2N4O6. The molecule has 0 saturated carbocycles. The number of halogens is 2. The second kappa shape index (κ2) is 10.1. The van der Waals surface area contributed by atoms with Crippen molar-refractivity contribution in [2.75, 3.05) is 19.1 Å². The van der Waals surface area contributed by atoms with Gasteiger partial charge in [-0.15, -0.1) is 0 Å². The van der Waals surface area contributed by atoms with Crippen molar-refractivity contribution in [3.8, 4) is 6.07 Å². The van der Waals surface area contributed by atoms with Gasteiger partial charge < -0.3 is 15.2 Å². The number of anilines is 1. The van der Waals surface area contributed by atoms with Crippen molar-refractivity contribution >= 4 is 55.2 Å². The van der Waals surface area contributed by atoms with Gasteiger partial charge in [0, 0.05) is 15.0 Å². The highest BCUT2D eigenvalue weighted by molar-refractivity contribution is 9.11. The van der Waals surface area contributed by atoms with Gasteiger partial charge in [0.2, 0.25) is 0 Å². The quantitative estimate of drug-likeness (QED) is 0.309. The third-order valence-corrected chi connectivity index (χ3v) is 6.10. The van der Waals surface area contributed by atoms with Crippen LogP contribution in [0.1, 0.15) is 11.5 Å². The zero-order valence-corrected chi connectivity index (χ0v) is 20.9. The minimum atomic E-state index is -1.09. The maximum Gasteiger partial charge on any atom is 0.355 e. The zero-order chi connectivity index (χ0) is 25.2. The number of rotatable bonds is 5. The van der Waals surface area contributed by atoms with Gasteiger partial charge in [-0.2, -0.15) is 5.26 Å². The number of nitrogens with two attached hydrogens (primary N) is 1. The summed E-state index contributed by atoms with van der Waals surface area (Å²) in [6.07, 6.45) is 0. The van der Waals surface area contributed by atoms with Crippen LogP contribution < -0.4 is 10.6 Å². The molecule has 0 aromatic heterocycles. The van der Waals surface area contributed by atoms with Gasteiger partial charge in [-0.3, -0.25) is 15.0 Å². The molecule has 1 atom stereocenters. The van der Waals surface area contributed by atoms with E-state index in [-0.39, 0.29) is 27.1 Å². The molecule has 1 aliphatic rings. The second-order valence-electron chi connectivity index (χ2n) is 6.85. The first-order chi connectivity index (χ1) is 16.2. The summed E-state index contributed by atoms with van der Waals surface area (Å²) in [4.78, 5) is 38.3. The number of hydrogen-bond donors (Lipinski definition) is 1. The van der Waals surface area contributed by atoms with Crippen LogP contribution in [0.25, 0.3) is 0 Å². The van der Waals surface area contributed by atoms with Gasteiger partial charge >= 0.3 is 11.9 Å². The Hall–Kier alpha value is -3.69. The first kappa shape index (κ1) is 24.9. The normalized spacial score (nSPS) is 15.6. The molecular weight excluding hydrogens is 576 g/mol. The molecule has 0 bridgehead atoms. The van der Waals surface area contributed by atoms with Crippen LogP contribution >= 0.6 is 31.9 Å². The molecule has 0 amide bonds. The van der Waals surface area contributed by atoms with Crippen LogP contribution in [0.4, 0.5) is 11.4 Å².